The summed E-state index contributed by atoms with van der Waals surface area (Å²) in [4.78, 5) is 0.527. The molecule has 84 valence electrons. The van der Waals surface area contributed by atoms with Gasteiger partial charge < -0.3 is 4.74 Å². The van der Waals surface area contributed by atoms with E-state index in [0.717, 1.165) is 12.2 Å². The van der Waals surface area contributed by atoms with Crippen LogP contribution in [0.4, 0.5) is 0 Å². The molecule has 15 heavy (non-hydrogen) atoms. The first-order valence-electron chi connectivity index (χ1n) is 5.24. The molecular formula is C13H19BrO. The molecule has 0 bridgehead atoms. The van der Waals surface area contributed by atoms with Crippen molar-refractivity contribution in [3.63, 3.8) is 0 Å². The van der Waals surface area contributed by atoms with Crippen molar-refractivity contribution in [1.29, 1.82) is 0 Å². The first-order valence-corrected chi connectivity index (χ1v) is 6.16. The van der Waals surface area contributed by atoms with Crippen molar-refractivity contribution in [3.05, 3.63) is 29.8 Å². The topological polar surface area (TPSA) is 9.23 Å². The molecule has 0 fully saturated rings. The number of hydrogen-bond acceptors (Lipinski definition) is 1. The summed E-state index contributed by atoms with van der Waals surface area (Å²) in [5, 5.41) is 0. The number of alkyl halides is 1. The van der Waals surface area contributed by atoms with E-state index in [1.807, 2.05) is 6.07 Å². The number of hydrogen-bond donors (Lipinski definition) is 0. The maximum Gasteiger partial charge on any atom is 0.119 e. The third kappa shape index (κ3) is 3.53. The Balaban J connectivity index is 2.93. The maximum absolute atomic E-state index is 5.24. The van der Waals surface area contributed by atoms with E-state index >= 15 is 0 Å². The minimum Gasteiger partial charge on any atom is -0.497 e. The highest BCUT2D eigenvalue weighted by Gasteiger charge is 2.22. The molecule has 1 aromatic rings. The van der Waals surface area contributed by atoms with Gasteiger partial charge in [0.1, 0.15) is 5.75 Å². The van der Waals surface area contributed by atoms with E-state index in [9.17, 15) is 0 Å². The Morgan fingerprint density at radius 1 is 1.40 bits per heavy atom. The lowest BCUT2D eigenvalue weighted by molar-refractivity contribution is 0.410. The fraction of sp³-hybridized carbons (Fsp3) is 0.538. The fourth-order valence-corrected chi connectivity index (χ4v) is 2.67. The number of rotatable bonds is 4. The monoisotopic (exact) mass is 270 g/mol. The van der Waals surface area contributed by atoms with Crippen molar-refractivity contribution in [2.45, 2.75) is 37.4 Å². The van der Waals surface area contributed by atoms with E-state index in [0.29, 0.717) is 4.83 Å². The molecular weight excluding hydrogens is 252 g/mol. The molecule has 0 aromatic heterocycles. The Bertz CT molecular complexity index is 318. The van der Waals surface area contributed by atoms with Gasteiger partial charge in [0.15, 0.2) is 0 Å². The predicted octanol–water partition coefficient (Wildman–Crippen LogP) is 4.15. The van der Waals surface area contributed by atoms with Gasteiger partial charge >= 0.3 is 0 Å². The van der Waals surface area contributed by atoms with Crippen molar-refractivity contribution < 1.29 is 4.74 Å². The van der Waals surface area contributed by atoms with Gasteiger partial charge in [-0.3, -0.25) is 0 Å². The highest BCUT2D eigenvalue weighted by Crippen LogP contribution is 2.32. The van der Waals surface area contributed by atoms with E-state index in [4.69, 9.17) is 4.74 Å². The van der Waals surface area contributed by atoms with E-state index < -0.39 is 0 Å². The zero-order valence-corrected chi connectivity index (χ0v) is 11.5. The average Bonchev–Trinajstić information content (AvgIpc) is 2.16. The molecule has 0 saturated carbocycles. The first kappa shape index (κ1) is 12.6. The molecule has 0 amide bonds. The molecule has 1 atom stereocenters. The van der Waals surface area contributed by atoms with Crippen LogP contribution in [-0.2, 0) is 5.41 Å². The van der Waals surface area contributed by atoms with Crippen molar-refractivity contribution >= 4 is 15.9 Å². The largest absolute Gasteiger partial charge is 0.497 e. The van der Waals surface area contributed by atoms with Crippen molar-refractivity contribution in [3.8, 4) is 5.75 Å². The van der Waals surface area contributed by atoms with Crippen molar-refractivity contribution in [1.82, 2.24) is 0 Å². The van der Waals surface area contributed by atoms with Gasteiger partial charge in [-0.05, 0) is 29.5 Å². The van der Waals surface area contributed by atoms with E-state index in [1.54, 1.807) is 7.11 Å². The lowest BCUT2D eigenvalue weighted by Crippen LogP contribution is -2.20. The molecule has 0 radical (unpaired) electrons. The molecule has 1 unspecified atom stereocenters. The molecule has 1 aromatic carbocycles. The minimum atomic E-state index is 0.178. The van der Waals surface area contributed by atoms with Gasteiger partial charge in [-0.25, -0.2) is 0 Å². The van der Waals surface area contributed by atoms with Crippen LogP contribution in [0.2, 0.25) is 0 Å². The molecule has 2 heteroatoms. The SMILES string of the molecule is COc1cccc(C(C)(C)CC(C)Br)c1. The van der Waals surface area contributed by atoms with Crippen LogP contribution in [0.25, 0.3) is 0 Å². The number of ether oxygens (including phenoxy) is 1. The molecule has 0 N–H and O–H groups in total. The Morgan fingerprint density at radius 2 is 2.07 bits per heavy atom. The second kappa shape index (κ2) is 5.02. The van der Waals surface area contributed by atoms with E-state index in [1.165, 1.54) is 5.56 Å². The second-order valence-electron chi connectivity index (χ2n) is 4.60. The Kier molecular flexibility index (Phi) is 4.21. The summed E-state index contributed by atoms with van der Waals surface area (Å²) in [6, 6.07) is 8.32. The maximum atomic E-state index is 5.24. The van der Waals surface area contributed by atoms with Gasteiger partial charge in [0.25, 0.3) is 0 Å². The standard InChI is InChI=1S/C13H19BrO/c1-10(14)9-13(2,3)11-6-5-7-12(8-11)15-4/h5-8,10H,9H2,1-4H3. The molecule has 0 spiro atoms. The van der Waals surface area contributed by atoms with Crippen LogP contribution in [0.15, 0.2) is 24.3 Å². The van der Waals surface area contributed by atoms with Crippen LogP contribution in [-0.4, -0.2) is 11.9 Å². The number of benzene rings is 1. The van der Waals surface area contributed by atoms with E-state index in [-0.39, 0.29) is 5.41 Å². The summed E-state index contributed by atoms with van der Waals surface area (Å²) in [6.07, 6.45) is 1.11. The van der Waals surface area contributed by atoms with Gasteiger partial charge in [0.2, 0.25) is 0 Å². The Morgan fingerprint density at radius 3 is 2.60 bits per heavy atom. The van der Waals surface area contributed by atoms with E-state index in [2.05, 4.69) is 54.9 Å². The second-order valence-corrected chi connectivity index (χ2v) is 6.16. The quantitative estimate of drug-likeness (QED) is 0.747. The summed E-state index contributed by atoms with van der Waals surface area (Å²) in [5.74, 6) is 0.933. The zero-order chi connectivity index (χ0) is 11.5. The summed E-state index contributed by atoms with van der Waals surface area (Å²) in [5.41, 5.74) is 1.51. The highest BCUT2D eigenvalue weighted by molar-refractivity contribution is 9.09. The normalized spacial score (nSPS) is 13.7. The Hall–Kier alpha value is -0.500. The number of methoxy groups -OCH3 is 1. The van der Waals surface area contributed by atoms with Crippen LogP contribution in [0.3, 0.4) is 0 Å². The molecule has 0 saturated heterocycles. The molecule has 0 aliphatic carbocycles. The zero-order valence-electron chi connectivity index (χ0n) is 9.88. The lowest BCUT2D eigenvalue weighted by Gasteiger charge is -2.27. The summed E-state index contributed by atoms with van der Waals surface area (Å²) >= 11 is 3.61. The molecule has 1 nitrogen and oxygen atoms in total. The molecule has 0 heterocycles. The average molecular weight is 271 g/mol. The highest BCUT2D eigenvalue weighted by atomic mass is 79.9. The third-order valence-corrected chi connectivity index (χ3v) is 2.97. The number of halogens is 1. The van der Waals surface area contributed by atoms with Crippen molar-refractivity contribution in [2.24, 2.45) is 0 Å². The molecule has 1 rings (SSSR count). The summed E-state index contributed by atoms with van der Waals surface area (Å²) in [6.45, 7) is 6.71. The van der Waals surface area contributed by atoms with Crippen molar-refractivity contribution in [2.75, 3.05) is 7.11 Å². The van der Waals surface area contributed by atoms with Crippen LogP contribution >= 0.6 is 15.9 Å². The Labute approximate surface area is 101 Å². The molecule has 0 aliphatic rings. The van der Waals surface area contributed by atoms with Crippen LogP contribution < -0.4 is 4.74 Å². The first-order chi connectivity index (χ1) is 6.95. The van der Waals surface area contributed by atoms with Gasteiger partial charge in [-0.15, -0.1) is 0 Å². The van der Waals surface area contributed by atoms with Gasteiger partial charge in [-0.1, -0.05) is 48.8 Å². The van der Waals surface area contributed by atoms with Gasteiger partial charge in [0.05, 0.1) is 7.11 Å². The molecule has 0 aliphatic heterocycles. The van der Waals surface area contributed by atoms with Gasteiger partial charge in [-0.2, -0.15) is 0 Å². The lowest BCUT2D eigenvalue weighted by atomic mass is 9.81. The predicted molar refractivity (Wildman–Crippen MR) is 69.0 cm³/mol. The van der Waals surface area contributed by atoms with Gasteiger partial charge in [0, 0.05) is 4.83 Å². The fourth-order valence-electron chi connectivity index (χ4n) is 1.87. The smallest absolute Gasteiger partial charge is 0.119 e. The van der Waals surface area contributed by atoms with Crippen LogP contribution in [0.5, 0.6) is 5.75 Å². The summed E-state index contributed by atoms with van der Waals surface area (Å²) < 4.78 is 5.24. The summed E-state index contributed by atoms with van der Waals surface area (Å²) in [7, 11) is 1.71. The third-order valence-electron chi connectivity index (χ3n) is 2.64. The van der Waals surface area contributed by atoms with Crippen LogP contribution in [0.1, 0.15) is 32.8 Å². The minimum absolute atomic E-state index is 0.178. The van der Waals surface area contributed by atoms with Crippen LogP contribution in [0, 0.1) is 0 Å².